The minimum Gasteiger partial charge on any atom is -0.411 e. The summed E-state index contributed by atoms with van der Waals surface area (Å²) in [6.07, 6.45) is 2.61. The van der Waals surface area contributed by atoms with Crippen molar-refractivity contribution >= 4 is 43.1 Å². The van der Waals surface area contributed by atoms with Crippen LogP contribution in [0.25, 0.3) is 0 Å². The van der Waals surface area contributed by atoms with Gasteiger partial charge in [0.1, 0.15) is 23.5 Å². The maximum absolute atomic E-state index is 15.8. The molecule has 1 aliphatic carbocycles. The Morgan fingerprint density at radius 3 is 2.69 bits per heavy atom. The van der Waals surface area contributed by atoms with Gasteiger partial charge in [0.2, 0.25) is 0 Å². The first-order chi connectivity index (χ1) is 18.3. The van der Waals surface area contributed by atoms with E-state index in [1.54, 1.807) is 22.9 Å². The Balaban J connectivity index is 1.54. The van der Waals surface area contributed by atoms with Gasteiger partial charge < -0.3 is 19.4 Å². The van der Waals surface area contributed by atoms with Gasteiger partial charge in [0.25, 0.3) is 0 Å². The fourth-order valence-corrected chi connectivity index (χ4v) is 6.37. The van der Waals surface area contributed by atoms with Crippen molar-refractivity contribution in [3.05, 3.63) is 75.9 Å². The monoisotopic (exact) mass is 592 g/mol. The number of hydrogen-bond donors (Lipinski definition) is 2. The van der Waals surface area contributed by atoms with E-state index in [1.807, 2.05) is 18.2 Å². The average Bonchev–Trinajstić information content (AvgIpc) is 3.37. The molecular formula is C28H35Cl2FN4O3Si. The molecule has 0 unspecified atom stereocenters. The third kappa shape index (κ3) is 6.54. The summed E-state index contributed by atoms with van der Waals surface area (Å²) >= 11 is 12.5. The Hall–Kier alpha value is -2.30. The van der Waals surface area contributed by atoms with Gasteiger partial charge in [-0.3, -0.25) is 4.79 Å². The molecule has 3 aromatic rings. The van der Waals surface area contributed by atoms with Gasteiger partial charge in [-0.15, -0.1) is 0 Å². The molecular weight excluding hydrogens is 558 g/mol. The SMILES string of the molecule is CC(C)(C)[Si](C)(C)O[C@@H]1[C@@H](CO)C[C@@H](Nc2ncncc2C(=O)c2cc(Cl)n(Cc3cccc(Cl)c3)c2)[C@H]1F. The molecule has 7 nitrogen and oxygen atoms in total. The van der Waals surface area contributed by atoms with Crippen LogP contribution in [-0.4, -0.2) is 58.7 Å². The van der Waals surface area contributed by atoms with E-state index in [9.17, 15) is 9.90 Å². The number of halogens is 3. The lowest BCUT2D eigenvalue weighted by atomic mass is 10.1. The number of aromatic nitrogens is 3. The number of rotatable bonds is 9. The van der Waals surface area contributed by atoms with Gasteiger partial charge in [0.15, 0.2) is 14.1 Å². The van der Waals surface area contributed by atoms with Gasteiger partial charge in [-0.25, -0.2) is 14.4 Å². The maximum atomic E-state index is 15.8. The average molecular weight is 594 g/mol. The molecule has 4 rings (SSSR count). The van der Waals surface area contributed by atoms with Crippen molar-refractivity contribution in [2.75, 3.05) is 11.9 Å². The fraction of sp³-hybridized carbons (Fsp3) is 0.464. The number of nitrogens with zero attached hydrogens (tertiary/aromatic N) is 3. The van der Waals surface area contributed by atoms with Crippen LogP contribution >= 0.6 is 23.2 Å². The molecule has 0 saturated heterocycles. The molecule has 1 aromatic carbocycles. The van der Waals surface area contributed by atoms with Crippen molar-refractivity contribution in [2.45, 2.75) is 70.2 Å². The number of hydrogen-bond acceptors (Lipinski definition) is 6. The van der Waals surface area contributed by atoms with Gasteiger partial charge >= 0.3 is 0 Å². The molecule has 210 valence electrons. The molecule has 2 N–H and O–H groups in total. The van der Waals surface area contributed by atoms with Crippen molar-refractivity contribution < 1.29 is 18.7 Å². The number of ketones is 1. The molecule has 1 aliphatic rings. The second kappa shape index (κ2) is 11.7. The van der Waals surface area contributed by atoms with E-state index in [4.69, 9.17) is 27.6 Å². The highest BCUT2D eigenvalue weighted by molar-refractivity contribution is 6.74. The molecule has 0 spiro atoms. The van der Waals surface area contributed by atoms with Crippen molar-refractivity contribution in [3.8, 4) is 0 Å². The van der Waals surface area contributed by atoms with Gasteiger partial charge in [0, 0.05) is 42.0 Å². The van der Waals surface area contributed by atoms with E-state index in [2.05, 4.69) is 49.1 Å². The molecule has 0 amide bonds. The summed E-state index contributed by atoms with van der Waals surface area (Å²) in [5, 5.41) is 14.0. The zero-order valence-electron chi connectivity index (χ0n) is 22.8. The number of benzene rings is 1. The summed E-state index contributed by atoms with van der Waals surface area (Å²) in [6.45, 7) is 10.7. The van der Waals surface area contributed by atoms with Gasteiger partial charge in [0.05, 0.1) is 17.7 Å². The first kappa shape index (κ1) is 29.7. The third-order valence-electron chi connectivity index (χ3n) is 7.82. The molecule has 11 heteroatoms. The minimum absolute atomic E-state index is 0.102. The predicted octanol–water partition coefficient (Wildman–Crippen LogP) is 6.39. The minimum atomic E-state index is -2.28. The molecule has 2 aromatic heterocycles. The molecule has 2 heterocycles. The topological polar surface area (TPSA) is 89.3 Å². The van der Waals surface area contributed by atoms with Crippen molar-refractivity contribution in [2.24, 2.45) is 5.92 Å². The van der Waals surface area contributed by atoms with E-state index in [0.29, 0.717) is 28.7 Å². The van der Waals surface area contributed by atoms with Crippen molar-refractivity contribution in [1.29, 1.82) is 0 Å². The summed E-state index contributed by atoms with van der Waals surface area (Å²) in [4.78, 5) is 21.8. The summed E-state index contributed by atoms with van der Waals surface area (Å²) < 4.78 is 24.0. The lowest BCUT2D eigenvalue weighted by molar-refractivity contribution is 0.0530. The molecule has 0 bridgehead atoms. The first-order valence-corrected chi connectivity index (χ1v) is 16.6. The highest BCUT2D eigenvalue weighted by Gasteiger charge is 2.49. The van der Waals surface area contributed by atoms with Gasteiger partial charge in [-0.1, -0.05) is 56.1 Å². The molecule has 4 atom stereocenters. The van der Waals surface area contributed by atoms with E-state index < -0.39 is 26.6 Å². The Morgan fingerprint density at radius 1 is 1.28 bits per heavy atom. The summed E-state index contributed by atoms with van der Waals surface area (Å²) in [5.41, 5.74) is 1.50. The Bertz CT molecular complexity index is 1330. The van der Waals surface area contributed by atoms with E-state index in [-0.39, 0.29) is 34.7 Å². The van der Waals surface area contributed by atoms with Gasteiger partial charge in [-0.05, 0) is 48.3 Å². The van der Waals surface area contributed by atoms with E-state index in [1.165, 1.54) is 12.5 Å². The smallest absolute Gasteiger partial charge is 0.199 e. The number of anilines is 1. The first-order valence-electron chi connectivity index (χ1n) is 12.9. The summed E-state index contributed by atoms with van der Waals surface area (Å²) in [6, 6.07) is 8.30. The largest absolute Gasteiger partial charge is 0.411 e. The Kier molecular flexibility index (Phi) is 8.88. The lowest BCUT2D eigenvalue weighted by Gasteiger charge is -2.40. The normalized spacial score (nSPS) is 21.8. The number of aliphatic hydroxyl groups is 1. The van der Waals surface area contributed by atoms with E-state index >= 15 is 4.39 Å². The van der Waals surface area contributed by atoms with Crippen LogP contribution in [0.5, 0.6) is 0 Å². The van der Waals surface area contributed by atoms with Crippen LogP contribution in [-0.2, 0) is 11.0 Å². The van der Waals surface area contributed by atoms with Crippen LogP contribution in [0.3, 0.4) is 0 Å². The van der Waals surface area contributed by atoms with Crippen LogP contribution in [0.1, 0.15) is 48.7 Å². The Labute approximate surface area is 239 Å². The molecule has 39 heavy (non-hydrogen) atoms. The zero-order valence-corrected chi connectivity index (χ0v) is 25.3. The number of carbonyl (C=O) groups is 1. The third-order valence-corrected chi connectivity index (χ3v) is 12.9. The van der Waals surface area contributed by atoms with E-state index in [0.717, 1.165) is 5.56 Å². The predicted molar refractivity (Wildman–Crippen MR) is 155 cm³/mol. The quantitative estimate of drug-likeness (QED) is 0.221. The fourth-order valence-electron chi connectivity index (χ4n) is 4.57. The summed E-state index contributed by atoms with van der Waals surface area (Å²) in [5.74, 6) is -0.482. The van der Waals surface area contributed by atoms with Crippen LogP contribution < -0.4 is 5.32 Å². The molecule has 1 fully saturated rings. The van der Waals surface area contributed by atoms with Gasteiger partial charge in [-0.2, -0.15) is 0 Å². The summed E-state index contributed by atoms with van der Waals surface area (Å²) in [7, 11) is -2.28. The number of aliphatic hydroxyl groups excluding tert-OH is 1. The molecule has 1 saturated carbocycles. The molecule has 0 radical (unpaired) electrons. The second-order valence-electron chi connectivity index (χ2n) is 11.6. The van der Waals surface area contributed by atoms with Crippen LogP contribution in [0.15, 0.2) is 49.1 Å². The maximum Gasteiger partial charge on any atom is 0.199 e. The van der Waals surface area contributed by atoms with Crippen LogP contribution in [0.4, 0.5) is 10.2 Å². The molecule has 0 aliphatic heterocycles. The number of alkyl halides is 1. The van der Waals surface area contributed by atoms with Crippen molar-refractivity contribution in [3.63, 3.8) is 0 Å². The lowest BCUT2D eigenvalue weighted by Crippen LogP contribution is -2.48. The highest BCUT2D eigenvalue weighted by atomic mass is 35.5. The highest BCUT2D eigenvalue weighted by Crippen LogP contribution is 2.42. The number of carbonyl (C=O) groups excluding carboxylic acids is 1. The van der Waals surface area contributed by atoms with Crippen LogP contribution in [0, 0.1) is 5.92 Å². The number of nitrogens with one attached hydrogen (secondary N) is 1. The second-order valence-corrected chi connectivity index (χ2v) is 17.2. The standard InChI is InChI=1S/C28H35Cl2FN4O3Si/c1-28(2,3)39(4,5)38-26-19(15-36)10-22(24(26)31)34-27-21(12-32-16-33-27)25(37)18-11-23(30)35(14-18)13-17-7-6-8-20(29)9-17/h6-9,11-12,14,16,19,22,24,26,36H,10,13,15H2,1-5H3,(H,32,33,34)/t19-,22-,24-,26-/m1/s1. The Morgan fingerprint density at radius 2 is 2.03 bits per heavy atom. The van der Waals surface area contributed by atoms with Crippen LogP contribution in [0.2, 0.25) is 28.3 Å². The van der Waals surface area contributed by atoms with Crippen molar-refractivity contribution in [1.82, 2.24) is 14.5 Å². The zero-order chi connectivity index (χ0) is 28.5.